The van der Waals surface area contributed by atoms with E-state index in [-0.39, 0.29) is 53.3 Å². The van der Waals surface area contributed by atoms with Crippen LogP contribution in [0.2, 0.25) is 0 Å². The lowest BCUT2D eigenvalue weighted by atomic mass is 10.1. The monoisotopic (exact) mass is 506 g/mol. The summed E-state index contributed by atoms with van der Waals surface area (Å²) in [5, 5.41) is 5.78. The topological polar surface area (TPSA) is 118 Å². The van der Waals surface area contributed by atoms with Crippen molar-refractivity contribution in [3.63, 3.8) is 0 Å². The SMILES string of the molecule is Cc1nc2c(F)cc(-c3nc(Nc4ccc(C(=O)N5CCNCC5=O)cn4)ncc3F)cc2n1C(C)C. The average Bonchev–Trinajstić information content (AvgIpc) is 3.22. The lowest BCUT2D eigenvalue weighted by molar-refractivity contribution is -0.129. The van der Waals surface area contributed by atoms with Gasteiger partial charge in [-0.1, -0.05) is 0 Å². The van der Waals surface area contributed by atoms with Crippen molar-refractivity contribution >= 4 is 34.6 Å². The number of carbonyl (C=O) groups excluding carboxylic acids is 2. The number of aromatic nitrogens is 5. The third kappa shape index (κ3) is 4.62. The molecule has 3 aromatic heterocycles. The number of pyridine rings is 1. The lowest BCUT2D eigenvalue weighted by Crippen LogP contribution is -2.50. The maximum absolute atomic E-state index is 14.9. The molecule has 1 fully saturated rings. The number of anilines is 2. The molecule has 1 aliphatic heterocycles. The van der Waals surface area contributed by atoms with Crippen molar-refractivity contribution in [2.45, 2.75) is 26.8 Å². The van der Waals surface area contributed by atoms with Crippen molar-refractivity contribution in [1.82, 2.24) is 34.7 Å². The second kappa shape index (κ2) is 9.62. The highest BCUT2D eigenvalue weighted by Crippen LogP contribution is 2.30. The van der Waals surface area contributed by atoms with E-state index in [0.717, 1.165) is 6.20 Å². The second-order valence-electron chi connectivity index (χ2n) is 8.92. The van der Waals surface area contributed by atoms with E-state index >= 15 is 0 Å². The van der Waals surface area contributed by atoms with E-state index in [2.05, 4.69) is 30.6 Å². The number of fused-ring (bicyclic) bond motifs is 1. The van der Waals surface area contributed by atoms with Crippen LogP contribution in [-0.4, -0.2) is 60.9 Å². The maximum Gasteiger partial charge on any atom is 0.262 e. The average molecular weight is 507 g/mol. The van der Waals surface area contributed by atoms with Gasteiger partial charge in [0.15, 0.2) is 11.6 Å². The molecule has 0 radical (unpaired) electrons. The van der Waals surface area contributed by atoms with Gasteiger partial charge in [0.2, 0.25) is 11.9 Å². The first-order chi connectivity index (χ1) is 17.7. The van der Waals surface area contributed by atoms with Gasteiger partial charge in [0.1, 0.15) is 22.9 Å². The van der Waals surface area contributed by atoms with E-state index in [1.165, 1.54) is 29.3 Å². The molecule has 37 heavy (non-hydrogen) atoms. The van der Waals surface area contributed by atoms with Crippen molar-refractivity contribution in [2.75, 3.05) is 25.0 Å². The summed E-state index contributed by atoms with van der Waals surface area (Å²) >= 11 is 0. The Morgan fingerprint density at radius 2 is 1.92 bits per heavy atom. The molecule has 190 valence electrons. The first kappa shape index (κ1) is 24.4. The number of benzene rings is 1. The number of imidazole rings is 1. The van der Waals surface area contributed by atoms with Gasteiger partial charge in [0, 0.05) is 30.9 Å². The molecule has 0 aliphatic carbocycles. The van der Waals surface area contributed by atoms with Crippen LogP contribution in [0.3, 0.4) is 0 Å². The molecule has 1 aromatic carbocycles. The van der Waals surface area contributed by atoms with E-state index in [1.807, 2.05) is 18.4 Å². The van der Waals surface area contributed by atoms with Gasteiger partial charge in [-0.2, -0.15) is 0 Å². The van der Waals surface area contributed by atoms with Crippen LogP contribution in [0, 0.1) is 18.6 Å². The second-order valence-corrected chi connectivity index (χ2v) is 8.92. The lowest BCUT2D eigenvalue weighted by Gasteiger charge is -2.25. The summed E-state index contributed by atoms with van der Waals surface area (Å²) in [6.07, 6.45) is 2.33. The van der Waals surface area contributed by atoms with Gasteiger partial charge in [0.05, 0.1) is 23.8 Å². The standard InChI is InChI=1S/C25H24F2N8O2/c1-13(2)35-14(3)31-23-17(26)8-16(9-19(23)35)22-18(27)11-30-25(33-22)32-20-5-4-15(10-29-20)24(37)34-7-6-28-12-21(34)36/h4-5,8-11,13,28H,6-7,12H2,1-3H3,(H,29,30,32,33). The van der Waals surface area contributed by atoms with Crippen LogP contribution in [0.5, 0.6) is 0 Å². The van der Waals surface area contributed by atoms with Gasteiger partial charge in [-0.05, 0) is 45.0 Å². The van der Waals surface area contributed by atoms with Crippen LogP contribution in [0.25, 0.3) is 22.3 Å². The highest BCUT2D eigenvalue weighted by molar-refractivity contribution is 6.05. The molecule has 10 nitrogen and oxygen atoms in total. The first-order valence-electron chi connectivity index (χ1n) is 11.7. The molecule has 1 saturated heterocycles. The molecule has 0 bridgehead atoms. The number of imide groups is 1. The third-order valence-electron chi connectivity index (χ3n) is 6.04. The number of carbonyl (C=O) groups is 2. The Morgan fingerprint density at radius 3 is 2.62 bits per heavy atom. The molecule has 4 heterocycles. The number of nitrogens with zero attached hydrogens (tertiary/aromatic N) is 6. The van der Waals surface area contributed by atoms with E-state index in [4.69, 9.17) is 0 Å². The van der Waals surface area contributed by atoms with Gasteiger partial charge in [-0.3, -0.25) is 14.5 Å². The summed E-state index contributed by atoms with van der Waals surface area (Å²) in [6, 6.07) is 5.93. The minimum Gasteiger partial charge on any atom is -0.326 e. The van der Waals surface area contributed by atoms with Crippen molar-refractivity contribution in [3.8, 4) is 11.3 Å². The fourth-order valence-corrected chi connectivity index (χ4v) is 4.37. The van der Waals surface area contributed by atoms with E-state index in [1.54, 1.807) is 13.0 Å². The Morgan fingerprint density at radius 1 is 1.11 bits per heavy atom. The molecular weight excluding hydrogens is 482 g/mol. The molecule has 0 spiro atoms. The predicted octanol–water partition coefficient (Wildman–Crippen LogP) is 3.37. The van der Waals surface area contributed by atoms with Gasteiger partial charge in [-0.15, -0.1) is 0 Å². The number of hydrogen-bond acceptors (Lipinski definition) is 8. The van der Waals surface area contributed by atoms with Crippen molar-refractivity contribution < 1.29 is 18.4 Å². The summed E-state index contributed by atoms with van der Waals surface area (Å²) in [7, 11) is 0. The van der Waals surface area contributed by atoms with Crippen LogP contribution >= 0.6 is 0 Å². The summed E-state index contributed by atoms with van der Waals surface area (Å²) in [6.45, 7) is 6.64. The molecule has 5 rings (SSSR count). The Balaban J connectivity index is 1.42. The molecule has 2 amide bonds. The summed E-state index contributed by atoms with van der Waals surface area (Å²) in [5.74, 6) is -1.03. The minimum absolute atomic E-state index is 0.0257. The number of amides is 2. The molecule has 4 aromatic rings. The van der Waals surface area contributed by atoms with Gasteiger partial charge in [-0.25, -0.2) is 28.7 Å². The van der Waals surface area contributed by atoms with Crippen molar-refractivity contribution in [3.05, 3.63) is 59.7 Å². The zero-order valence-corrected chi connectivity index (χ0v) is 20.4. The van der Waals surface area contributed by atoms with E-state index in [0.29, 0.717) is 23.7 Å². The minimum atomic E-state index is -0.716. The van der Waals surface area contributed by atoms with Crippen LogP contribution in [0.4, 0.5) is 20.5 Å². The maximum atomic E-state index is 14.9. The fourth-order valence-electron chi connectivity index (χ4n) is 4.37. The number of rotatable bonds is 5. The third-order valence-corrected chi connectivity index (χ3v) is 6.04. The number of halogens is 2. The smallest absolute Gasteiger partial charge is 0.262 e. The summed E-state index contributed by atoms with van der Waals surface area (Å²) in [5.41, 5.74) is 1.16. The van der Waals surface area contributed by atoms with Crippen molar-refractivity contribution in [2.24, 2.45) is 0 Å². The Labute approximate surface area is 210 Å². The molecule has 0 saturated carbocycles. The molecular formula is C25H24F2N8O2. The first-order valence-corrected chi connectivity index (χ1v) is 11.7. The Kier molecular flexibility index (Phi) is 6.34. The van der Waals surface area contributed by atoms with Crippen LogP contribution in [0.1, 0.15) is 36.1 Å². The zero-order chi connectivity index (χ0) is 26.3. The number of hydrogen-bond donors (Lipinski definition) is 2. The molecule has 2 N–H and O–H groups in total. The highest BCUT2D eigenvalue weighted by atomic mass is 19.1. The Bertz CT molecular complexity index is 1520. The Hall–Kier alpha value is -4.32. The van der Waals surface area contributed by atoms with Gasteiger partial charge >= 0.3 is 0 Å². The number of aryl methyl sites for hydroxylation is 1. The van der Waals surface area contributed by atoms with Gasteiger partial charge in [0.25, 0.3) is 5.91 Å². The van der Waals surface area contributed by atoms with Crippen LogP contribution in [-0.2, 0) is 4.79 Å². The van der Waals surface area contributed by atoms with E-state index in [9.17, 15) is 18.4 Å². The normalized spacial score (nSPS) is 14.0. The van der Waals surface area contributed by atoms with Gasteiger partial charge < -0.3 is 15.2 Å². The fraction of sp³-hybridized carbons (Fsp3) is 0.280. The van der Waals surface area contributed by atoms with E-state index < -0.39 is 17.5 Å². The largest absolute Gasteiger partial charge is 0.326 e. The quantitative estimate of drug-likeness (QED) is 0.396. The summed E-state index contributed by atoms with van der Waals surface area (Å²) < 4.78 is 31.5. The summed E-state index contributed by atoms with van der Waals surface area (Å²) in [4.78, 5) is 42.5. The number of nitrogens with one attached hydrogen (secondary N) is 2. The molecule has 12 heteroatoms. The van der Waals surface area contributed by atoms with Crippen LogP contribution in [0.15, 0.2) is 36.7 Å². The molecule has 0 unspecified atom stereocenters. The molecule has 0 atom stereocenters. The number of piperazine rings is 1. The van der Waals surface area contributed by atoms with Crippen LogP contribution < -0.4 is 10.6 Å². The predicted molar refractivity (Wildman–Crippen MR) is 132 cm³/mol. The zero-order valence-electron chi connectivity index (χ0n) is 20.4. The van der Waals surface area contributed by atoms with Crippen molar-refractivity contribution in [1.29, 1.82) is 0 Å². The highest BCUT2D eigenvalue weighted by Gasteiger charge is 2.25. The molecule has 1 aliphatic rings.